The molecule has 12 heteroatoms. The fourth-order valence-corrected chi connectivity index (χ4v) is 5.66. The van der Waals surface area contributed by atoms with Crippen LogP contribution in [0.3, 0.4) is 0 Å². The standard InChI is InChI=1S/C28H27N5O5S2/c1-2-38-28(35)24-17-39-27(33-24)23(15-18-6-5-7-19(14-18)16-31-29)32-26(34)21-12-10-20(11-13-21)22-8-3-4-9-25(22)40(30,36)37/h3-14,16-17,23H,2,15,29H2,1H3,(H,32,34)(H2,30,36,37). The topological polar surface area (TPSA) is 167 Å². The Kier molecular flexibility index (Phi) is 9.04. The Labute approximate surface area is 235 Å². The van der Waals surface area contributed by atoms with Crippen molar-refractivity contribution in [2.75, 3.05) is 6.61 Å². The predicted octanol–water partition coefficient (Wildman–Crippen LogP) is 3.64. The molecule has 1 heterocycles. The lowest BCUT2D eigenvalue weighted by Gasteiger charge is -2.17. The Balaban J connectivity index is 1.61. The van der Waals surface area contributed by atoms with Crippen molar-refractivity contribution in [1.82, 2.24) is 10.3 Å². The lowest BCUT2D eigenvalue weighted by atomic mass is 10.0. The van der Waals surface area contributed by atoms with E-state index in [2.05, 4.69) is 15.4 Å². The molecule has 0 radical (unpaired) electrons. The third kappa shape index (κ3) is 6.97. The zero-order valence-corrected chi connectivity index (χ0v) is 23.1. The molecule has 0 fully saturated rings. The highest BCUT2D eigenvalue weighted by atomic mass is 32.2. The Morgan fingerprint density at radius 3 is 2.55 bits per heavy atom. The van der Waals surface area contributed by atoms with Crippen molar-refractivity contribution in [2.45, 2.75) is 24.3 Å². The van der Waals surface area contributed by atoms with Crippen LogP contribution in [0.2, 0.25) is 0 Å². The van der Waals surface area contributed by atoms with E-state index in [0.717, 1.165) is 11.1 Å². The van der Waals surface area contributed by atoms with Crippen molar-refractivity contribution >= 4 is 39.5 Å². The number of ether oxygens (including phenoxy) is 1. The van der Waals surface area contributed by atoms with Crippen LogP contribution in [0.4, 0.5) is 0 Å². The van der Waals surface area contributed by atoms with E-state index >= 15 is 0 Å². The fourth-order valence-electron chi connectivity index (χ4n) is 4.06. The SMILES string of the molecule is CCOC(=O)c1csc(C(Cc2cccc(C=NN)c2)NC(=O)c2ccc(-c3ccccc3S(N)(=O)=O)cc2)n1. The van der Waals surface area contributed by atoms with Gasteiger partial charge in [-0.3, -0.25) is 4.79 Å². The maximum absolute atomic E-state index is 13.3. The van der Waals surface area contributed by atoms with Crippen LogP contribution in [0.25, 0.3) is 11.1 Å². The number of esters is 1. The van der Waals surface area contributed by atoms with E-state index in [4.69, 9.17) is 15.7 Å². The molecule has 1 aromatic heterocycles. The number of hydrogen-bond acceptors (Lipinski definition) is 9. The minimum atomic E-state index is -3.93. The van der Waals surface area contributed by atoms with Crippen LogP contribution >= 0.6 is 11.3 Å². The van der Waals surface area contributed by atoms with E-state index in [-0.39, 0.29) is 23.1 Å². The molecule has 1 atom stereocenters. The monoisotopic (exact) mass is 577 g/mol. The van der Waals surface area contributed by atoms with Gasteiger partial charge in [0.1, 0.15) is 5.01 Å². The minimum absolute atomic E-state index is 0.00431. The molecule has 0 saturated carbocycles. The Bertz CT molecular complexity index is 1650. The van der Waals surface area contributed by atoms with Crippen LogP contribution in [0.5, 0.6) is 0 Å². The summed E-state index contributed by atoms with van der Waals surface area (Å²) in [6.07, 6.45) is 1.91. The van der Waals surface area contributed by atoms with E-state index in [1.54, 1.807) is 54.8 Å². The zero-order chi connectivity index (χ0) is 28.7. The number of primary sulfonamides is 1. The first-order valence-corrected chi connectivity index (χ1v) is 14.6. The van der Waals surface area contributed by atoms with Crippen molar-refractivity contribution in [2.24, 2.45) is 16.1 Å². The zero-order valence-electron chi connectivity index (χ0n) is 21.5. The summed E-state index contributed by atoms with van der Waals surface area (Å²) in [6.45, 7) is 1.93. The normalized spacial score (nSPS) is 12.2. The number of hydrogen-bond donors (Lipinski definition) is 3. The summed E-state index contributed by atoms with van der Waals surface area (Å²) in [4.78, 5) is 29.9. The highest BCUT2D eigenvalue weighted by Gasteiger charge is 2.22. The van der Waals surface area contributed by atoms with Crippen LogP contribution in [0.15, 0.2) is 88.2 Å². The number of benzene rings is 3. The third-order valence-corrected chi connectivity index (χ3v) is 7.80. The van der Waals surface area contributed by atoms with Gasteiger partial charge in [0.15, 0.2) is 5.69 Å². The number of nitrogens with zero attached hydrogens (tertiary/aromatic N) is 2. The van der Waals surface area contributed by atoms with Crippen LogP contribution in [-0.2, 0) is 21.2 Å². The average Bonchev–Trinajstić information content (AvgIpc) is 3.44. The van der Waals surface area contributed by atoms with Gasteiger partial charge in [-0.05, 0) is 48.2 Å². The van der Waals surface area contributed by atoms with Crippen molar-refractivity contribution in [3.8, 4) is 11.1 Å². The molecule has 0 bridgehead atoms. The fraction of sp³-hybridized carbons (Fsp3) is 0.143. The first kappa shape index (κ1) is 28.6. The van der Waals surface area contributed by atoms with Gasteiger partial charge in [-0.2, -0.15) is 5.10 Å². The number of sulfonamides is 1. The van der Waals surface area contributed by atoms with Gasteiger partial charge in [0, 0.05) is 16.5 Å². The molecule has 0 spiro atoms. The largest absolute Gasteiger partial charge is 0.461 e. The van der Waals surface area contributed by atoms with E-state index in [1.807, 2.05) is 24.3 Å². The molecular formula is C28H27N5O5S2. The summed E-state index contributed by atoms with van der Waals surface area (Å²) in [5, 5.41) is 14.1. The number of thiazole rings is 1. The third-order valence-electron chi connectivity index (χ3n) is 5.88. The lowest BCUT2D eigenvalue weighted by molar-refractivity contribution is 0.0520. The first-order chi connectivity index (χ1) is 19.2. The molecule has 4 aromatic rings. The van der Waals surface area contributed by atoms with Crippen molar-refractivity contribution in [3.05, 3.63) is 106 Å². The number of nitrogens with one attached hydrogen (secondary N) is 1. The van der Waals surface area contributed by atoms with Gasteiger partial charge in [-0.25, -0.2) is 23.3 Å². The molecule has 0 saturated heterocycles. The van der Waals surface area contributed by atoms with Gasteiger partial charge in [-0.1, -0.05) is 54.6 Å². The molecule has 1 amide bonds. The second-order valence-corrected chi connectivity index (χ2v) is 11.1. The molecule has 206 valence electrons. The Morgan fingerprint density at radius 1 is 1.10 bits per heavy atom. The van der Waals surface area contributed by atoms with Gasteiger partial charge in [0.25, 0.3) is 5.91 Å². The second-order valence-electron chi connectivity index (χ2n) is 8.66. The lowest BCUT2D eigenvalue weighted by Crippen LogP contribution is -2.30. The van der Waals surface area contributed by atoms with Crippen molar-refractivity contribution < 1.29 is 22.7 Å². The highest BCUT2D eigenvalue weighted by molar-refractivity contribution is 7.89. The number of amides is 1. The second kappa shape index (κ2) is 12.6. The van der Waals surface area contributed by atoms with Gasteiger partial charge < -0.3 is 15.9 Å². The van der Waals surface area contributed by atoms with Crippen LogP contribution in [0, 0.1) is 0 Å². The summed E-state index contributed by atoms with van der Waals surface area (Å²) < 4.78 is 29.1. The summed E-state index contributed by atoms with van der Waals surface area (Å²) >= 11 is 1.24. The summed E-state index contributed by atoms with van der Waals surface area (Å²) in [5.41, 5.74) is 3.24. The number of nitrogens with two attached hydrogens (primary N) is 2. The van der Waals surface area contributed by atoms with Gasteiger partial charge >= 0.3 is 5.97 Å². The molecule has 3 aromatic carbocycles. The van der Waals surface area contributed by atoms with Crippen molar-refractivity contribution in [1.29, 1.82) is 0 Å². The molecular weight excluding hydrogens is 550 g/mol. The number of rotatable bonds is 10. The number of aromatic nitrogens is 1. The van der Waals surface area contributed by atoms with E-state index in [0.29, 0.717) is 28.1 Å². The number of carbonyl (C=O) groups is 2. The van der Waals surface area contributed by atoms with E-state index in [9.17, 15) is 18.0 Å². The maximum atomic E-state index is 13.3. The molecule has 5 N–H and O–H groups in total. The minimum Gasteiger partial charge on any atom is -0.461 e. The Hall–Kier alpha value is -4.39. The highest BCUT2D eigenvalue weighted by Crippen LogP contribution is 2.28. The summed E-state index contributed by atoms with van der Waals surface area (Å²) in [6, 6.07) is 19.9. The van der Waals surface area contributed by atoms with Gasteiger partial charge in [0.2, 0.25) is 10.0 Å². The Morgan fingerprint density at radius 2 is 1.85 bits per heavy atom. The first-order valence-electron chi connectivity index (χ1n) is 12.2. The molecule has 4 rings (SSSR count). The van der Waals surface area contributed by atoms with Crippen LogP contribution < -0.4 is 16.3 Å². The average molecular weight is 578 g/mol. The van der Waals surface area contributed by atoms with Gasteiger partial charge in [-0.15, -0.1) is 11.3 Å². The number of carbonyl (C=O) groups excluding carboxylic acids is 2. The summed E-state index contributed by atoms with van der Waals surface area (Å²) in [7, 11) is -3.93. The quantitative estimate of drug-likeness (QED) is 0.112. The molecule has 0 aliphatic rings. The van der Waals surface area contributed by atoms with E-state index in [1.165, 1.54) is 23.6 Å². The van der Waals surface area contributed by atoms with Crippen LogP contribution in [-0.4, -0.2) is 38.1 Å². The summed E-state index contributed by atoms with van der Waals surface area (Å²) in [5.74, 6) is 4.38. The molecule has 40 heavy (non-hydrogen) atoms. The predicted molar refractivity (Wildman–Crippen MR) is 153 cm³/mol. The van der Waals surface area contributed by atoms with Crippen LogP contribution in [0.1, 0.15) is 49.9 Å². The number of hydrazone groups is 1. The molecule has 1 unspecified atom stereocenters. The molecule has 10 nitrogen and oxygen atoms in total. The molecule has 0 aliphatic heterocycles. The van der Waals surface area contributed by atoms with E-state index < -0.39 is 22.0 Å². The van der Waals surface area contributed by atoms with Crippen molar-refractivity contribution in [3.63, 3.8) is 0 Å². The van der Waals surface area contributed by atoms with Gasteiger partial charge in [0.05, 0.1) is 23.8 Å². The molecule has 0 aliphatic carbocycles. The maximum Gasteiger partial charge on any atom is 0.357 e. The smallest absolute Gasteiger partial charge is 0.357 e.